The van der Waals surface area contributed by atoms with Gasteiger partial charge in [0.05, 0.1) is 0 Å². The predicted octanol–water partition coefficient (Wildman–Crippen LogP) is 3.57. The lowest BCUT2D eigenvalue weighted by Crippen LogP contribution is -1.93. The second-order valence-corrected chi connectivity index (χ2v) is 4.39. The van der Waals surface area contributed by atoms with E-state index in [-0.39, 0.29) is 0 Å². The molecule has 0 fully saturated rings. The zero-order valence-electron chi connectivity index (χ0n) is 9.89. The Balaban J connectivity index is 1.98. The van der Waals surface area contributed by atoms with E-state index in [4.69, 9.17) is 0 Å². The molecule has 18 heavy (non-hydrogen) atoms. The Bertz CT molecular complexity index is 697. The number of hydrogen-bond donors (Lipinski definition) is 1. The Morgan fingerprint density at radius 2 is 1.94 bits per heavy atom. The Morgan fingerprint density at radius 3 is 2.83 bits per heavy atom. The maximum absolute atomic E-state index is 11.0. The minimum atomic E-state index is 0.770. The van der Waals surface area contributed by atoms with Crippen molar-refractivity contribution >= 4 is 17.2 Å². The van der Waals surface area contributed by atoms with E-state index in [1.807, 2.05) is 30.5 Å². The van der Waals surface area contributed by atoms with Crippen LogP contribution in [0.25, 0.3) is 10.9 Å². The largest absolute Gasteiger partial charge is 0.361 e. The summed E-state index contributed by atoms with van der Waals surface area (Å²) in [5.74, 6) is 0. The third-order valence-corrected chi connectivity index (χ3v) is 3.19. The molecule has 0 unspecified atom stereocenters. The van der Waals surface area contributed by atoms with Gasteiger partial charge < -0.3 is 4.98 Å². The van der Waals surface area contributed by atoms with Gasteiger partial charge in [0.1, 0.15) is 6.29 Å². The average molecular weight is 235 g/mol. The van der Waals surface area contributed by atoms with Crippen molar-refractivity contribution < 1.29 is 4.79 Å². The first kappa shape index (κ1) is 10.8. The highest BCUT2D eigenvalue weighted by Crippen LogP contribution is 2.18. The minimum absolute atomic E-state index is 0.770. The standard InChI is InChI=1S/C16H13NO/c18-11-15-4-2-1-3-13(15)9-12-5-6-16-14(10-12)7-8-17-16/h1-8,10-11,17H,9H2. The molecule has 0 aliphatic heterocycles. The summed E-state index contributed by atoms with van der Waals surface area (Å²) in [7, 11) is 0. The van der Waals surface area contributed by atoms with E-state index in [0.29, 0.717) is 0 Å². The molecule has 0 aliphatic carbocycles. The van der Waals surface area contributed by atoms with E-state index in [2.05, 4.69) is 29.2 Å². The van der Waals surface area contributed by atoms with Crippen molar-refractivity contribution in [2.24, 2.45) is 0 Å². The second-order valence-electron chi connectivity index (χ2n) is 4.39. The summed E-state index contributed by atoms with van der Waals surface area (Å²) in [6.07, 6.45) is 3.65. The van der Waals surface area contributed by atoms with Crippen LogP contribution in [-0.4, -0.2) is 11.3 Å². The van der Waals surface area contributed by atoms with E-state index in [1.165, 1.54) is 10.9 Å². The molecule has 3 aromatic rings. The summed E-state index contributed by atoms with van der Waals surface area (Å²) in [5, 5.41) is 1.20. The first-order chi connectivity index (χ1) is 8.86. The minimum Gasteiger partial charge on any atom is -0.361 e. The van der Waals surface area contributed by atoms with Gasteiger partial charge >= 0.3 is 0 Å². The van der Waals surface area contributed by atoms with Crippen LogP contribution in [0, 0.1) is 0 Å². The molecule has 0 atom stereocenters. The molecule has 0 saturated heterocycles. The van der Waals surface area contributed by atoms with E-state index < -0.39 is 0 Å². The molecule has 88 valence electrons. The van der Waals surface area contributed by atoms with Crippen molar-refractivity contribution in [2.45, 2.75) is 6.42 Å². The number of carbonyl (C=O) groups excluding carboxylic acids is 1. The first-order valence-electron chi connectivity index (χ1n) is 5.96. The molecule has 0 bridgehead atoms. The van der Waals surface area contributed by atoms with Crippen LogP contribution in [0.5, 0.6) is 0 Å². The highest BCUT2D eigenvalue weighted by Gasteiger charge is 2.03. The van der Waals surface area contributed by atoms with Crippen molar-refractivity contribution in [1.82, 2.24) is 4.98 Å². The highest BCUT2D eigenvalue weighted by molar-refractivity contribution is 5.80. The fourth-order valence-corrected chi connectivity index (χ4v) is 2.24. The number of H-pyrrole nitrogens is 1. The van der Waals surface area contributed by atoms with Crippen LogP contribution >= 0.6 is 0 Å². The third-order valence-electron chi connectivity index (χ3n) is 3.19. The fourth-order valence-electron chi connectivity index (χ4n) is 2.24. The molecule has 1 aromatic heterocycles. The maximum Gasteiger partial charge on any atom is 0.150 e. The average Bonchev–Trinajstić information content (AvgIpc) is 2.87. The number of aromatic amines is 1. The van der Waals surface area contributed by atoms with Gasteiger partial charge in [0.2, 0.25) is 0 Å². The number of nitrogens with one attached hydrogen (secondary N) is 1. The number of fused-ring (bicyclic) bond motifs is 1. The van der Waals surface area contributed by atoms with Gasteiger partial charge in [-0.25, -0.2) is 0 Å². The number of aromatic nitrogens is 1. The van der Waals surface area contributed by atoms with E-state index in [9.17, 15) is 4.79 Å². The summed E-state index contributed by atoms with van der Waals surface area (Å²) < 4.78 is 0. The topological polar surface area (TPSA) is 32.9 Å². The Morgan fingerprint density at radius 1 is 1.06 bits per heavy atom. The van der Waals surface area contributed by atoms with Gasteiger partial charge in [-0.2, -0.15) is 0 Å². The SMILES string of the molecule is O=Cc1ccccc1Cc1ccc2[nH]ccc2c1. The zero-order valence-corrected chi connectivity index (χ0v) is 9.89. The Hall–Kier alpha value is -2.35. The van der Waals surface area contributed by atoms with Crippen molar-refractivity contribution in [3.63, 3.8) is 0 Å². The zero-order chi connectivity index (χ0) is 12.4. The van der Waals surface area contributed by atoms with Crippen molar-refractivity contribution in [3.8, 4) is 0 Å². The lowest BCUT2D eigenvalue weighted by Gasteiger charge is -2.05. The quantitative estimate of drug-likeness (QED) is 0.692. The lowest BCUT2D eigenvalue weighted by molar-refractivity contribution is 0.112. The van der Waals surface area contributed by atoms with E-state index in [0.717, 1.165) is 29.4 Å². The van der Waals surface area contributed by atoms with Gasteiger partial charge in [-0.15, -0.1) is 0 Å². The summed E-state index contributed by atoms with van der Waals surface area (Å²) in [6, 6.07) is 16.1. The molecule has 2 nitrogen and oxygen atoms in total. The van der Waals surface area contributed by atoms with Crippen molar-refractivity contribution in [1.29, 1.82) is 0 Å². The Kier molecular flexibility index (Phi) is 2.69. The second kappa shape index (κ2) is 4.49. The van der Waals surface area contributed by atoms with Gasteiger partial charge in [-0.1, -0.05) is 30.3 Å². The van der Waals surface area contributed by atoms with Crippen LogP contribution in [0.15, 0.2) is 54.7 Å². The van der Waals surface area contributed by atoms with Gasteiger partial charge in [0.15, 0.2) is 0 Å². The molecular weight excluding hydrogens is 222 g/mol. The van der Waals surface area contributed by atoms with E-state index >= 15 is 0 Å². The fraction of sp³-hybridized carbons (Fsp3) is 0.0625. The van der Waals surface area contributed by atoms with Crippen LogP contribution in [0.4, 0.5) is 0 Å². The molecule has 0 radical (unpaired) electrons. The van der Waals surface area contributed by atoms with Crippen molar-refractivity contribution in [2.75, 3.05) is 0 Å². The van der Waals surface area contributed by atoms with Crippen LogP contribution in [-0.2, 0) is 6.42 Å². The molecule has 0 spiro atoms. The third kappa shape index (κ3) is 1.93. The smallest absolute Gasteiger partial charge is 0.150 e. The Labute approximate surface area is 105 Å². The van der Waals surface area contributed by atoms with Crippen molar-refractivity contribution in [3.05, 3.63) is 71.4 Å². The highest BCUT2D eigenvalue weighted by atomic mass is 16.1. The maximum atomic E-state index is 11.0. The molecule has 0 amide bonds. The van der Waals surface area contributed by atoms with Crippen LogP contribution in [0.2, 0.25) is 0 Å². The predicted molar refractivity (Wildman–Crippen MR) is 72.9 cm³/mol. The summed E-state index contributed by atoms with van der Waals surface area (Å²) in [6.45, 7) is 0. The molecular formula is C16H13NO. The molecule has 0 aliphatic rings. The molecule has 1 N–H and O–H groups in total. The number of hydrogen-bond acceptors (Lipinski definition) is 1. The van der Waals surface area contributed by atoms with Gasteiger partial charge in [-0.3, -0.25) is 4.79 Å². The molecule has 0 saturated carbocycles. The number of aldehydes is 1. The van der Waals surface area contributed by atoms with Crippen LogP contribution in [0.1, 0.15) is 21.5 Å². The molecule has 1 heterocycles. The number of carbonyl (C=O) groups is 1. The first-order valence-corrected chi connectivity index (χ1v) is 5.96. The van der Waals surface area contributed by atoms with Gasteiger partial charge in [0.25, 0.3) is 0 Å². The van der Waals surface area contributed by atoms with Crippen LogP contribution in [0.3, 0.4) is 0 Å². The number of rotatable bonds is 3. The molecule has 3 rings (SSSR count). The summed E-state index contributed by atoms with van der Waals surface area (Å²) in [4.78, 5) is 14.2. The normalized spacial score (nSPS) is 10.7. The summed E-state index contributed by atoms with van der Waals surface area (Å²) in [5.41, 5.74) is 4.20. The molecule has 2 aromatic carbocycles. The number of benzene rings is 2. The van der Waals surface area contributed by atoms with E-state index in [1.54, 1.807) is 0 Å². The monoisotopic (exact) mass is 235 g/mol. The van der Waals surface area contributed by atoms with Crippen LogP contribution < -0.4 is 0 Å². The lowest BCUT2D eigenvalue weighted by atomic mass is 10.00. The van der Waals surface area contributed by atoms with Gasteiger partial charge in [0, 0.05) is 17.3 Å². The van der Waals surface area contributed by atoms with Gasteiger partial charge in [-0.05, 0) is 41.1 Å². The summed E-state index contributed by atoms with van der Waals surface area (Å²) >= 11 is 0. The molecule has 2 heteroatoms.